The third kappa shape index (κ3) is 5.92. The van der Waals surface area contributed by atoms with Crippen molar-refractivity contribution in [1.29, 1.82) is 0 Å². The fraction of sp³-hybridized carbons (Fsp3) is 0.333. The summed E-state index contributed by atoms with van der Waals surface area (Å²) < 4.78 is 67.5. The second-order valence-electron chi connectivity index (χ2n) is 9.48. The van der Waals surface area contributed by atoms with Gasteiger partial charge in [-0.25, -0.2) is 14.4 Å². The van der Waals surface area contributed by atoms with E-state index in [4.69, 9.17) is 14.3 Å². The molecular formula is C27H26F4N6O5. The van der Waals surface area contributed by atoms with E-state index in [1.807, 2.05) is 0 Å². The fourth-order valence-electron chi connectivity index (χ4n) is 4.68. The molecule has 3 aromatic rings. The van der Waals surface area contributed by atoms with Crippen LogP contribution in [-0.2, 0) is 17.6 Å². The van der Waals surface area contributed by atoms with E-state index in [2.05, 4.69) is 25.9 Å². The molecule has 2 amide bonds. The first-order chi connectivity index (χ1) is 20.1. The molecule has 15 heteroatoms. The highest BCUT2D eigenvalue weighted by molar-refractivity contribution is 6.00. The van der Waals surface area contributed by atoms with E-state index in [-0.39, 0.29) is 46.8 Å². The Morgan fingerprint density at radius 3 is 2.60 bits per heavy atom. The van der Waals surface area contributed by atoms with E-state index >= 15 is 4.39 Å². The molecule has 5 rings (SSSR count). The minimum absolute atomic E-state index is 0.0176. The first kappa shape index (κ1) is 29.0. The van der Waals surface area contributed by atoms with Crippen molar-refractivity contribution in [3.63, 3.8) is 0 Å². The monoisotopic (exact) mass is 590 g/mol. The number of carbonyl (C=O) groups is 2. The van der Waals surface area contributed by atoms with Gasteiger partial charge in [0.1, 0.15) is 22.9 Å². The number of rotatable bonds is 8. The van der Waals surface area contributed by atoms with Gasteiger partial charge in [-0.2, -0.15) is 18.2 Å². The van der Waals surface area contributed by atoms with Crippen LogP contribution in [0.25, 0.3) is 0 Å². The van der Waals surface area contributed by atoms with Crippen molar-refractivity contribution < 1.29 is 41.5 Å². The summed E-state index contributed by atoms with van der Waals surface area (Å²) in [5.74, 6) is -3.54. The van der Waals surface area contributed by atoms with Crippen LogP contribution in [0.2, 0.25) is 0 Å². The lowest BCUT2D eigenvalue weighted by Gasteiger charge is -2.24. The van der Waals surface area contributed by atoms with Gasteiger partial charge in [-0.3, -0.25) is 14.4 Å². The highest BCUT2D eigenvalue weighted by Crippen LogP contribution is 2.40. The molecule has 1 fully saturated rings. The molecule has 0 unspecified atom stereocenters. The minimum atomic E-state index is -4.90. The van der Waals surface area contributed by atoms with Gasteiger partial charge in [0.15, 0.2) is 0 Å². The summed E-state index contributed by atoms with van der Waals surface area (Å²) >= 11 is 0. The molecule has 0 radical (unpaired) electrons. The number of ether oxygens (including phenoxy) is 2. The molecule has 0 spiro atoms. The quantitative estimate of drug-likeness (QED) is 0.331. The number of hydrogen-bond donors (Lipinski definition) is 3. The summed E-state index contributed by atoms with van der Waals surface area (Å²) in [7, 11) is 2.57. The zero-order chi connectivity index (χ0) is 30.0. The fourth-order valence-corrected chi connectivity index (χ4v) is 4.68. The van der Waals surface area contributed by atoms with E-state index in [0.29, 0.717) is 24.6 Å². The number of hydrogen-bond acceptors (Lipinski definition) is 9. The normalized spacial score (nSPS) is 15.4. The van der Waals surface area contributed by atoms with Gasteiger partial charge in [0.25, 0.3) is 11.8 Å². The molecule has 2 aliphatic heterocycles. The molecule has 3 N–H and O–H groups in total. The lowest BCUT2D eigenvalue weighted by molar-refractivity contribution is -0.139. The molecule has 1 aromatic heterocycles. The maximum Gasteiger partial charge on any atom is 0.423 e. The first-order valence-corrected chi connectivity index (χ1v) is 12.8. The average molecular weight is 591 g/mol. The molecule has 3 heterocycles. The number of carbonyl (C=O) groups excluding carboxylic acids is 2. The third-order valence-corrected chi connectivity index (χ3v) is 6.81. The Bertz CT molecular complexity index is 1510. The smallest absolute Gasteiger partial charge is 0.423 e. The van der Waals surface area contributed by atoms with Gasteiger partial charge in [-0.1, -0.05) is 12.1 Å². The number of methoxy groups -OCH3 is 1. The summed E-state index contributed by atoms with van der Waals surface area (Å²) in [5.41, 5.74) is -1.10. The van der Waals surface area contributed by atoms with E-state index in [0.717, 1.165) is 24.2 Å². The van der Waals surface area contributed by atoms with Gasteiger partial charge >= 0.3 is 6.18 Å². The van der Waals surface area contributed by atoms with Crippen LogP contribution in [0.4, 0.5) is 29.2 Å². The summed E-state index contributed by atoms with van der Waals surface area (Å²) in [6.45, 7) is 1.54. The number of alkyl halides is 3. The van der Waals surface area contributed by atoms with Gasteiger partial charge in [0, 0.05) is 18.3 Å². The van der Waals surface area contributed by atoms with Gasteiger partial charge in [0.05, 0.1) is 37.6 Å². The number of nitrogens with one attached hydrogen (secondary N) is 3. The molecule has 42 heavy (non-hydrogen) atoms. The van der Waals surface area contributed by atoms with Crippen LogP contribution in [0.15, 0.2) is 36.5 Å². The molecule has 0 atom stereocenters. The number of anilines is 2. The zero-order valence-electron chi connectivity index (χ0n) is 22.5. The molecule has 2 aromatic carbocycles. The number of piperidine rings is 1. The number of aromatic nitrogens is 2. The Labute approximate surface area is 237 Å². The van der Waals surface area contributed by atoms with Crippen LogP contribution < -0.4 is 25.4 Å². The predicted molar refractivity (Wildman–Crippen MR) is 140 cm³/mol. The van der Waals surface area contributed by atoms with E-state index < -0.39 is 35.3 Å². The Morgan fingerprint density at radius 2 is 1.90 bits per heavy atom. The standard InChI is InChI=1S/C27H26F4N6O5/c1-40-21-10-16(23(38)34-15-6-8-32-9-7-15)18(28)11-19(21)35-26-33-12-17(27(29,30)31)24(36-26)42-20-5-3-4-14-13-37(41-2)25(39)22(14)20/h3-5,10-12,15,32H,6-9,13H2,1-2H3,(H,34,38)(H,33,35,36). The number of benzene rings is 2. The van der Waals surface area contributed by atoms with Crippen molar-refractivity contribution in [1.82, 2.24) is 25.7 Å². The first-order valence-electron chi connectivity index (χ1n) is 12.8. The predicted octanol–water partition coefficient (Wildman–Crippen LogP) is 4.18. The summed E-state index contributed by atoms with van der Waals surface area (Å²) in [5, 5.41) is 9.63. The maximum absolute atomic E-state index is 15.1. The molecular weight excluding hydrogens is 564 g/mol. The highest BCUT2D eigenvalue weighted by atomic mass is 19.4. The maximum atomic E-state index is 15.1. The molecule has 0 bridgehead atoms. The largest absolute Gasteiger partial charge is 0.495 e. The molecule has 0 aliphatic carbocycles. The molecule has 11 nitrogen and oxygen atoms in total. The van der Waals surface area contributed by atoms with E-state index in [1.54, 1.807) is 6.07 Å². The SMILES string of the molecule is COc1cc(C(=O)NC2CCNCC2)c(F)cc1Nc1ncc(C(F)(F)F)c(Oc2cccc3c2C(=O)N(OC)C3)n1. The number of fused-ring (bicyclic) bond motifs is 1. The third-order valence-electron chi connectivity index (χ3n) is 6.81. The number of halogens is 4. The van der Waals surface area contributed by atoms with Crippen LogP contribution in [0, 0.1) is 5.82 Å². The number of amides is 2. The van der Waals surface area contributed by atoms with Crippen LogP contribution >= 0.6 is 0 Å². The van der Waals surface area contributed by atoms with Crippen LogP contribution in [0.3, 0.4) is 0 Å². The lowest BCUT2D eigenvalue weighted by atomic mass is 10.1. The van der Waals surface area contributed by atoms with Crippen molar-refractivity contribution >= 4 is 23.5 Å². The summed E-state index contributed by atoms with van der Waals surface area (Å²) in [6, 6.07) is 6.49. The highest BCUT2D eigenvalue weighted by Gasteiger charge is 2.38. The van der Waals surface area contributed by atoms with Gasteiger partial charge in [-0.05, 0) is 43.6 Å². The Morgan fingerprint density at radius 1 is 1.14 bits per heavy atom. The van der Waals surface area contributed by atoms with Crippen molar-refractivity contribution in [2.24, 2.45) is 0 Å². The zero-order valence-corrected chi connectivity index (χ0v) is 22.5. The Kier molecular flexibility index (Phi) is 8.13. The Balaban J connectivity index is 1.44. The van der Waals surface area contributed by atoms with Crippen LogP contribution in [0.1, 0.15) is 44.7 Å². The Hall–Kier alpha value is -4.50. The van der Waals surface area contributed by atoms with E-state index in [9.17, 15) is 22.8 Å². The summed E-state index contributed by atoms with van der Waals surface area (Å²) in [4.78, 5) is 38.0. The minimum Gasteiger partial charge on any atom is -0.495 e. The van der Waals surface area contributed by atoms with Crippen molar-refractivity contribution in [3.8, 4) is 17.4 Å². The molecule has 2 aliphatic rings. The second kappa shape index (κ2) is 11.8. The molecule has 0 saturated carbocycles. The van der Waals surface area contributed by atoms with Crippen LogP contribution in [-0.4, -0.2) is 60.2 Å². The van der Waals surface area contributed by atoms with Gasteiger partial charge < -0.3 is 25.4 Å². The summed E-state index contributed by atoms with van der Waals surface area (Å²) in [6.07, 6.45) is -3.00. The van der Waals surface area contributed by atoms with Gasteiger partial charge in [0.2, 0.25) is 11.8 Å². The van der Waals surface area contributed by atoms with Crippen molar-refractivity contribution in [3.05, 3.63) is 64.6 Å². The second-order valence-corrected chi connectivity index (χ2v) is 9.48. The average Bonchev–Trinajstić information content (AvgIpc) is 3.29. The topological polar surface area (TPSA) is 127 Å². The van der Waals surface area contributed by atoms with Crippen LogP contribution in [0.5, 0.6) is 17.4 Å². The van der Waals surface area contributed by atoms with Gasteiger partial charge in [-0.15, -0.1) is 0 Å². The van der Waals surface area contributed by atoms with E-state index in [1.165, 1.54) is 32.4 Å². The molecule has 1 saturated heterocycles. The lowest BCUT2D eigenvalue weighted by Crippen LogP contribution is -2.42. The molecule has 222 valence electrons. The number of nitrogens with zero attached hydrogens (tertiary/aromatic N) is 3. The van der Waals surface area contributed by atoms with Crippen molar-refractivity contribution in [2.75, 3.05) is 32.6 Å². The van der Waals surface area contributed by atoms with Crippen molar-refractivity contribution in [2.45, 2.75) is 31.6 Å². The number of hydroxylamine groups is 2.